The van der Waals surface area contributed by atoms with Crippen molar-refractivity contribution in [3.8, 4) is 0 Å². The van der Waals surface area contributed by atoms with E-state index in [0.29, 0.717) is 11.6 Å². The fraction of sp³-hybridized carbons (Fsp3) is 0.167. The number of ether oxygens (including phenoxy) is 1. The van der Waals surface area contributed by atoms with Gasteiger partial charge in [0.25, 0.3) is 5.69 Å². The molecule has 1 aromatic heterocycles. The highest BCUT2D eigenvalue weighted by Gasteiger charge is 2.15. The number of aliphatic hydroxyl groups excluding tert-OH is 2. The summed E-state index contributed by atoms with van der Waals surface area (Å²) in [5, 5.41) is 32.9. The monoisotopic (exact) mass is 292 g/mol. The lowest BCUT2D eigenvalue weighted by Gasteiger charge is -2.14. The molecule has 2 rings (SSSR count). The summed E-state index contributed by atoms with van der Waals surface area (Å²) >= 11 is 0. The summed E-state index contributed by atoms with van der Waals surface area (Å²) in [6.07, 6.45) is 5.11. The number of nitrogens with zero attached hydrogens (tertiary/aromatic N) is 3. The van der Waals surface area contributed by atoms with Crippen molar-refractivity contribution in [3.05, 3.63) is 52.3 Å². The number of hydrogen-bond donors (Lipinski definition) is 3. The summed E-state index contributed by atoms with van der Waals surface area (Å²) in [7, 11) is 0. The van der Waals surface area contributed by atoms with E-state index in [2.05, 4.69) is 15.5 Å². The zero-order chi connectivity index (χ0) is 15.2. The number of rotatable bonds is 5. The summed E-state index contributed by atoms with van der Waals surface area (Å²) in [6.45, 7) is -0.286. The molecule has 9 heteroatoms. The topological polar surface area (TPSA) is 130 Å². The minimum Gasteiger partial charge on any atom is -0.508 e. The van der Waals surface area contributed by atoms with Gasteiger partial charge in [-0.1, -0.05) is 0 Å². The molecule has 2 heterocycles. The van der Waals surface area contributed by atoms with Crippen LogP contribution in [0.25, 0.3) is 0 Å². The van der Waals surface area contributed by atoms with Gasteiger partial charge in [-0.3, -0.25) is 15.5 Å². The van der Waals surface area contributed by atoms with Gasteiger partial charge in [-0.05, 0) is 12.1 Å². The molecule has 0 aliphatic carbocycles. The van der Waals surface area contributed by atoms with Crippen LogP contribution in [0.5, 0.6) is 0 Å². The summed E-state index contributed by atoms with van der Waals surface area (Å²) in [4.78, 5) is 13.7. The van der Waals surface area contributed by atoms with Gasteiger partial charge in [0.2, 0.25) is 0 Å². The second kappa shape index (κ2) is 6.48. The number of hydrogen-bond acceptors (Lipinski definition) is 8. The second-order valence-corrected chi connectivity index (χ2v) is 4.03. The third-order valence-electron chi connectivity index (χ3n) is 2.57. The van der Waals surface area contributed by atoms with Gasteiger partial charge >= 0.3 is 0 Å². The van der Waals surface area contributed by atoms with Crippen molar-refractivity contribution in [2.75, 3.05) is 12.0 Å². The van der Waals surface area contributed by atoms with E-state index in [1.807, 2.05) is 0 Å². The Hall–Kier alpha value is -2.94. The van der Waals surface area contributed by atoms with Crippen LogP contribution in [-0.2, 0) is 4.74 Å². The molecule has 0 aromatic carbocycles. The molecule has 0 saturated heterocycles. The normalized spacial score (nSPS) is 17.9. The van der Waals surface area contributed by atoms with Gasteiger partial charge in [-0.15, -0.1) is 0 Å². The largest absolute Gasteiger partial charge is 0.508 e. The second-order valence-electron chi connectivity index (χ2n) is 4.03. The van der Waals surface area contributed by atoms with Gasteiger partial charge in [0.15, 0.2) is 0 Å². The molecule has 1 aliphatic heterocycles. The summed E-state index contributed by atoms with van der Waals surface area (Å²) < 4.78 is 4.91. The fourth-order valence-electron chi connectivity index (χ4n) is 1.49. The average molecular weight is 292 g/mol. The molecular formula is C12H12N4O5. The SMILES string of the molecule is O=[N+]([O-])c1ccc(N/N=C/[C@H]2C=C(CO)OC=C2O)nc1. The Labute approximate surface area is 119 Å². The van der Waals surface area contributed by atoms with Crippen LogP contribution in [-0.4, -0.2) is 32.9 Å². The Morgan fingerprint density at radius 2 is 2.38 bits per heavy atom. The van der Waals surface area contributed by atoms with Crippen LogP contribution in [0.3, 0.4) is 0 Å². The highest BCUT2D eigenvalue weighted by atomic mass is 16.6. The number of anilines is 1. The lowest BCUT2D eigenvalue weighted by Crippen LogP contribution is -2.11. The molecule has 0 saturated carbocycles. The zero-order valence-corrected chi connectivity index (χ0v) is 10.7. The average Bonchev–Trinajstić information content (AvgIpc) is 2.49. The first kappa shape index (κ1) is 14.5. The maximum absolute atomic E-state index is 10.5. The van der Waals surface area contributed by atoms with Crippen LogP contribution in [0.2, 0.25) is 0 Å². The number of aromatic nitrogens is 1. The summed E-state index contributed by atoms with van der Waals surface area (Å²) in [5.74, 6) is 0.0253. The van der Waals surface area contributed by atoms with Crippen molar-refractivity contribution >= 4 is 17.7 Å². The third kappa shape index (κ3) is 3.76. The Morgan fingerprint density at radius 3 is 3.00 bits per heavy atom. The quantitative estimate of drug-likeness (QED) is 0.423. The van der Waals surface area contributed by atoms with E-state index in [1.165, 1.54) is 24.4 Å². The van der Waals surface area contributed by atoms with E-state index in [4.69, 9.17) is 9.84 Å². The number of nitro groups is 1. The van der Waals surface area contributed by atoms with E-state index < -0.39 is 10.8 Å². The first-order valence-electron chi connectivity index (χ1n) is 5.87. The van der Waals surface area contributed by atoms with Crippen LogP contribution in [0, 0.1) is 16.0 Å². The molecular weight excluding hydrogens is 280 g/mol. The van der Waals surface area contributed by atoms with E-state index in [9.17, 15) is 15.2 Å². The molecule has 1 atom stereocenters. The predicted molar refractivity (Wildman–Crippen MR) is 73.5 cm³/mol. The molecule has 21 heavy (non-hydrogen) atoms. The zero-order valence-electron chi connectivity index (χ0n) is 10.7. The van der Waals surface area contributed by atoms with Crippen molar-refractivity contribution < 1.29 is 19.9 Å². The van der Waals surface area contributed by atoms with Crippen molar-refractivity contribution in [2.24, 2.45) is 11.0 Å². The minimum absolute atomic E-state index is 0.0607. The molecule has 0 spiro atoms. The van der Waals surface area contributed by atoms with Gasteiger partial charge in [-0.2, -0.15) is 5.10 Å². The lowest BCUT2D eigenvalue weighted by molar-refractivity contribution is -0.385. The Balaban J connectivity index is 1.98. The number of allylic oxidation sites excluding steroid dienone is 1. The van der Waals surface area contributed by atoms with Gasteiger partial charge in [0.05, 0.1) is 10.8 Å². The molecule has 110 valence electrons. The first-order valence-corrected chi connectivity index (χ1v) is 5.87. The maximum Gasteiger partial charge on any atom is 0.287 e. The van der Waals surface area contributed by atoms with E-state index in [0.717, 1.165) is 12.5 Å². The van der Waals surface area contributed by atoms with Gasteiger partial charge < -0.3 is 14.9 Å². The van der Waals surface area contributed by atoms with E-state index >= 15 is 0 Å². The predicted octanol–water partition coefficient (Wildman–Crippen LogP) is 1.31. The highest BCUT2D eigenvalue weighted by molar-refractivity contribution is 5.68. The molecule has 9 nitrogen and oxygen atoms in total. The summed E-state index contributed by atoms with van der Waals surface area (Å²) in [6, 6.07) is 2.70. The van der Waals surface area contributed by atoms with Crippen LogP contribution in [0.1, 0.15) is 0 Å². The van der Waals surface area contributed by atoms with Crippen LogP contribution < -0.4 is 5.43 Å². The molecule has 3 N–H and O–H groups in total. The molecule has 1 aromatic rings. The first-order chi connectivity index (χ1) is 10.1. The number of hydrazone groups is 1. The van der Waals surface area contributed by atoms with Crippen molar-refractivity contribution in [1.29, 1.82) is 0 Å². The molecule has 0 fully saturated rings. The fourth-order valence-corrected chi connectivity index (χ4v) is 1.49. The van der Waals surface area contributed by atoms with Gasteiger partial charge in [0, 0.05) is 12.3 Å². The lowest BCUT2D eigenvalue weighted by atomic mass is 10.1. The molecule has 0 radical (unpaired) electrons. The number of aliphatic hydroxyl groups is 2. The van der Waals surface area contributed by atoms with Crippen LogP contribution >= 0.6 is 0 Å². The Morgan fingerprint density at radius 1 is 1.57 bits per heavy atom. The van der Waals surface area contributed by atoms with Crippen LogP contribution in [0.15, 0.2) is 47.3 Å². The van der Waals surface area contributed by atoms with E-state index in [1.54, 1.807) is 0 Å². The maximum atomic E-state index is 10.5. The van der Waals surface area contributed by atoms with Crippen molar-refractivity contribution in [1.82, 2.24) is 4.98 Å². The van der Waals surface area contributed by atoms with Crippen molar-refractivity contribution in [3.63, 3.8) is 0 Å². The molecule has 0 unspecified atom stereocenters. The number of pyridine rings is 1. The molecule has 0 bridgehead atoms. The summed E-state index contributed by atoms with van der Waals surface area (Å²) in [5.41, 5.74) is 2.46. The number of nitrogens with one attached hydrogen (secondary N) is 1. The Bertz CT molecular complexity index is 609. The van der Waals surface area contributed by atoms with Crippen LogP contribution in [0.4, 0.5) is 11.5 Å². The van der Waals surface area contributed by atoms with Gasteiger partial charge in [-0.25, -0.2) is 4.98 Å². The standard InChI is InChI=1S/C12H12N4O5/c17-6-10-3-8(11(18)7-21-10)4-14-15-12-2-1-9(5-13-12)16(19)20/h1-5,7-8,17-18H,6H2,(H,13,15)/b14-4+/t8-/m1/s1. The smallest absolute Gasteiger partial charge is 0.287 e. The third-order valence-corrected chi connectivity index (χ3v) is 2.57. The molecule has 1 aliphatic rings. The van der Waals surface area contributed by atoms with E-state index in [-0.39, 0.29) is 18.1 Å². The van der Waals surface area contributed by atoms with Gasteiger partial charge in [0.1, 0.15) is 36.4 Å². The Kier molecular flexibility index (Phi) is 4.46. The molecule has 0 amide bonds. The highest BCUT2D eigenvalue weighted by Crippen LogP contribution is 2.18. The van der Waals surface area contributed by atoms with Crippen molar-refractivity contribution in [2.45, 2.75) is 0 Å². The minimum atomic E-state index is -0.549.